The van der Waals surface area contributed by atoms with E-state index in [-0.39, 0.29) is 12.3 Å². The van der Waals surface area contributed by atoms with E-state index in [0.29, 0.717) is 18.1 Å². The van der Waals surface area contributed by atoms with Crippen LogP contribution in [0.3, 0.4) is 0 Å². The van der Waals surface area contributed by atoms with Crippen molar-refractivity contribution in [3.05, 3.63) is 125 Å². The Bertz CT molecular complexity index is 1350. The minimum absolute atomic E-state index is 0.111. The Hall–Kier alpha value is -4.25. The summed E-state index contributed by atoms with van der Waals surface area (Å²) in [5.41, 5.74) is 5.43. The zero-order valence-electron chi connectivity index (χ0n) is 19.5. The van der Waals surface area contributed by atoms with Gasteiger partial charge in [-0.3, -0.25) is 0 Å². The standard InChI is InChI=1S/C30H26N2O3/c1-33-29-18-23(16-17-28(29)34-20-21-10-4-2-5-11-21)30-32-26(24-14-8-9-15-27(24)35-30)19-25(31-32)22-12-6-3-7-13-22/h2-18,26,30H,19-20H2,1H3/t26-,30-/m0/s1. The zero-order chi connectivity index (χ0) is 23.6. The van der Waals surface area contributed by atoms with Gasteiger partial charge >= 0.3 is 0 Å². The first kappa shape index (κ1) is 21.3. The molecule has 2 aliphatic heterocycles. The lowest BCUT2D eigenvalue weighted by molar-refractivity contribution is -0.0191. The Morgan fingerprint density at radius 3 is 2.40 bits per heavy atom. The summed E-state index contributed by atoms with van der Waals surface area (Å²) in [4.78, 5) is 0. The fourth-order valence-electron chi connectivity index (χ4n) is 4.75. The molecule has 0 saturated carbocycles. The van der Waals surface area contributed by atoms with E-state index in [1.165, 1.54) is 0 Å². The number of hydrogen-bond donors (Lipinski definition) is 0. The fraction of sp³-hybridized carbons (Fsp3) is 0.167. The molecule has 2 atom stereocenters. The molecule has 5 heteroatoms. The number of fused-ring (bicyclic) bond motifs is 3. The highest BCUT2D eigenvalue weighted by molar-refractivity contribution is 6.01. The molecule has 2 aliphatic rings. The molecule has 0 amide bonds. The van der Waals surface area contributed by atoms with E-state index in [4.69, 9.17) is 19.3 Å². The van der Waals surface area contributed by atoms with Crippen LogP contribution >= 0.6 is 0 Å². The molecule has 5 nitrogen and oxygen atoms in total. The SMILES string of the molecule is COc1cc([C@@H]2Oc3ccccc3[C@@H]3CC(c4ccccc4)=NN32)ccc1OCc1ccccc1. The molecule has 0 aliphatic carbocycles. The molecule has 0 saturated heterocycles. The van der Waals surface area contributed by atoms with Crippen molar-refractivity contribution in [2.24, 2.45) is 5.10 Å². The Kier molecular flexibility index (Phi) is 5.59. The van der Waals surface area contributed by atoms with Crippen LogP contribution in [0.4, 0.5) is 0 Å². The molecule has 0 radical (unpaired) electrons. The number of hydrogen-bond acceptors (Lipinski definition) is 5. The van der Waals surface area contributed by atoms with E-state index in [2.05, 4.69) is 41.4 Å². The molecule has 0 aromatic heterocycles. The summed E-state index contributed by atoms with van der Waals surface area (Å²) in [5, 5.41) is 7.13. The number of benzene rings is 4. The predicted octanol–water partition coefficient (Wildman–Crippen LogP) is 6.52. The van der Waals surface area contributed by atoms with E-state index in [9.17, 15) is 0 Å². The Labute approximate surface area is 205 Å². The van der Waals surface area contributed by atoms with Crippen LogP contribution in [0.5, 0.6) is 17.2 Å². The van der Waals surface area contributed by atoms with Gasteiger partial charge in [0.15, 0.2) is 11.5 Å². The van der Waals surface area contributed by atoms with Gasteiger partial charge in [-0.2, -0.15) is 5.10 Å². The maximum absolute atomic E-state index is 6.51. The Balaban J connectivity index is 1.33. The third-order valence-corrected chi connectivity index (χ3v) is 6.52. The maximum atomic E-state index is 6.51. The third kappa shape index (κ3) is 4.10. The summed E-state index contributed by atoms with van der Waals surface area (Å²) in [6, 6.07) is 34.8. The predicted molar refractivity (Wildman–Crippen MR) is 136 cm³/mol. The van der Waals surface area contributed by atoms with Gasteiger partial charge in [-0.05, 0) is 35.4 Å². The summed E-state index contributed by atoms with van der Waals surface area (Å²) >= 11 is 0. The summed E-state index contributed by atoms with van der Waals surface area (Å²) in [6.07, 6.45) is 0.462. The molecule has 4 aromatic rings. The number of ether oxygens (including phenoxy) is 3. The molecule has 174 valence electrons. The minimum Gasteiger partial charge on any atom is -0.493 e. The number of para-hydroxylation sites is 1. The molecular formula is C30H26N2O3. The van der Waals surface area contributed by atoms with E-state index >= 15 is 0 Å². The monoisotopic (exact) mass is 462 g/mol. The van der Waals surface area contributed by atoms with Crippen molar-refractivity contribution in [3.63, 3.8) is 0 Å². The highest BCUT2D eigenvalue weighted by Crippen LogP contribution is 2.48. The molecule has 0 fully saturated rings. The van der Waals surface area contributed by atoms with E-state index < -0.39 is 0 Å². The number of nitrogens with zero attached hydrogens (tertiary/aromatic N) is 2. The van der Waals surface area contributed by atoms with Gasteiger partial charge in [0.2, 0.25) is 6.23 Å². The first-order valence-electron chi connectivity index (χ1n) is 11.8. The fourth-order valence-corrected chi connectivity index (χ4v) is 4.75. The van der Waals surface area contributed by atoms with Crippen LogP contribution in [-0.2, 0) is 6.61 Å². The molecule has 4 aromatic carbocycles. The van der Waals surface area contributed by atoms with Crippen molar-refractivity contribution in [1.82, 2.24) is 5.01 Å². The molecule has 6 rings (SSSR count). The van der Waals surface area contributed by atoms with Gasteiger partial charge in [-0.25, -0.2) is 5.01 Å². The maximum Gasteiger partial charge on any atom is 0.214 e. The quantitative estimate of drug-likeness (QED) is 0.327. The largest absolute Gasteiger partial charge is 0.493 e. The number of methoxy groups -OCH3 is 1. The topological polar surface area (TPSA) is 43.3 Å². The smallest absolute Gasteiger partial charge is 0.214 e. The Morgan fingerprint density at radius 2 is 1.60 bits per heavy atom. The number of rotatable bonds is 6. The van der Waals surface area contributed by atoms with Gasteiger partial charge in [0.1, 0.15) is 12.4 Å². The average Bonchev–Trinajstić information content (AvgIpc) is 3.38. The summed E-state index contributed by atoms with van der Waals surface area (Å²) < 4.78 is 18.3. The molecule has 0 N–H and O–H groups in total. The second-order valence-corrected chi connectivity index (χ2v) is 8.71. The van der Waals surface area contributed by atoms with Crippen LogP contribution in [-0.4, -0.2) is 17.8 Å². The van der Waals surface area contributed by atoms with Crippen molar-refractivity contribution < 1.29 is 14.2 Å². The summed E-state index contributed by atoms with van der Waals surface area (Å²) in [7, 11) is 1.66. The van der Waals surface area contributed by atoms with Crippen molar-refractivity contribution in [2.45, 2.75) is 25.3 Å². The van der Waals surface area contributed by atoms with Gasteiger partial charge in [-0.15, -0.1) is 0 Å². The van der Waals surface area contributed by atoms with Crippen LogP contribution in [0.25, 0.3) is 0 Å². The third-order valence-electron chi connectivity index (χ3n) is 6.52. The summed E-state index contributed by atoms with van der Waals surface area (Å²) in [6.45, 7) is 0.475. The van der Waals surface area contributed by atoms with Crippen LogP contribution in [0.1, 0.15) is 40.9 Å². The van der Waals surface area contributed by atoms with Gasteiger partial charge in [0.05, 0.1) is 18.9 Å². The van der Waals surface area contributed by atoms with E-state index in [0.717, 1.165) is 40.1 Å². The molecular weight excluding hydrogens is 436 g/mol. The van der Waals surface area contributed by atoms with Crippen LogP contribution in [0.2, 0.25) is 0 Å². The van der Waals surface area contributed by atoms with Gasteiger partial charge in [0, 0.05) is 17.5 Å². The van der Waals surface area contributed by atoms with E-state index in [1.54, 1.807) is 7.11 Å². The average molecular weight is 463 g/mol. The van der Waals surface area contributed by atoms with Gasteiger partial charge in [0.25, 0.3) is 0 Å². The summed E-state index contributed by atoms with van der Waals surface area (Å²) in [5.74, 6) is 2.26. The lowest BCUT2D eigenvalue weighted by Gasteiger charge is -2.38. The highest BCUT2D eigenvalue weighted by Gasteiger charge is 2.41. The lowest BCUT2D eigenvalue weighted by Crippen LogP contribution is -2.33. The number of hydrazone groups is 1. The van der Waals surface area contributed by atoms with Crippen LogP contribution < -0.4 is 14.2 Å². The van der Waals surface area contributed by atoms with Crippen molar-refractivity contribution in [1.29, 1.82) is 0 Å². The van der Waals surface area contributed by atoms with E-state index in [1.807, 2.05) is 66.7 Å². The first-order chi connectivity index (χ1) is 17.3. The molecule has 35 heavy (non-hydrogen) atoms. The zero-order valence-corrected chi connectivity index (χ0v) is 19.5. The molecule has 0 spiro atoms. The van der Waals surface area contributed by atoms with Crippen LogP contribution in [0.15, 0.2) is 108 Å². The second-order valence-electron chi connectivity index (χ2n) is 8.71. The van der Waals surface area contributed by atoms with Crippen molar-refractivity contribution in [2.75, 3.05) is 7.11 Å². The van der Waals surface area contributed by atoms with Crippen LogP contribution in [0, 0.1) is 0 Å². The van der Waals surface area contributed by atoms with Crippen molar-refractivity contribution >= 4 is 5.71 Å². The normalized spacial score (nSPS) is 18.2. The highest BCUT2D eigenvalue weighted by atomic mass is 16.5. The van der Waals surface area contributed by atoms with Gasteiger partial charge in [-0.1, -0.05) is 78.9 Å². The lowest BCUT2D eigenvalue weighted by atomic mass is 9.96. The van der Waals surface area contributed by atoms with Gasteiger partial charge < -0.3 is 14.2 Å². The second kappa shape index (κ2) is 9.18. The first-order valence-corrected chi connectivity index (χ1v) is 11.8. The minimum atomic E-state index is -0.367. The molecule has 2 heterocycles. The Morgan fingerprint density at radius 1 is 0.857 bits per heavy atom. The molecule has 0 bridgehead atoms. The van der Waals surface area contributed by atoms with Crippen molar-refractivity contribution in [3.8, 4) is 17.2 Å². The molecule has 0 unspecified atom stereocenters.